The van der Waals surface area contributed by atoms with E-state index in [1.807, 2.05) is 56.6 Å². The van der Waals surface area contributed by atoms with Gasteiger partial charge in [0.2, 0.25) is 0 Å². The Bertz CT molecular complexity index is 1320. The maximum atomic E-state index is 6.01. The standard InChI is InChI=1S/C23H23N7O/c1-14(18-11-27-22-21(18)28-13-29-23(22)24)8-15(10-25-2)12-31-17-6-4-16-5-7-20(26-3)30-19(16)9-17/h4-11,13,27H,2,12H2,1,3H3,(H,26,30)(H2,24,28,29)/b14-8+,15-10+. The van der Waals surface area contributed by atoms with Crippen LogP contribution in [0, 0.1) is 0 Å². The normalized spacial score (nSPS) is 12.3. The molecular formula is C23H23N7O. The summed E-state index contributed by atoms with van der Waals surface area (Å²) in [5.41, 5.74) is 11.1. The van der Waals surface area contributed by atoms with Gasteiger partial charge < -0.3 is 20.8 Å². The number of aliphatic imine (C=N–C) groups is 1. The number of pyridine rings is 1. The highest BCUT2D eigenvalue weighted by molar-refractivity contribution is 5.94. The molecule has 0 radical (unpaired) electrons. The number of fused-ring (bicyclic) bond motifs is 2. The van der Waals surface area contributed by atoms with E-state index in [0.717, 1.165) is 50.2 Å². The Balaban J connectivity index is 1.56. The fourth-order valence-electron chi connectivity index (χ4n) is 3.34. The Kier molecular flexibility index (Phi) is 5.61. The van der Waals surface area contributed by atoms with Crippen molar-refractivity contribution in [2.24, 2.45) is 4.99 Å². The fraction of sp³-hybridized carbons (Fsp3) is 0.130. The van der Waals surface area contributed by atoms with Crippen LogP contribution in [-0.2, 0) is 0 Å². The van der Waals surface area contributed by atoms with E-state index < -0.39 is 0 Å². The average Bonchev–Trinajstić information content (AvgIpc) is 3.22. The van der Waals surface area contributed by atoms with Gasteiger partial charge in [0.25, 0.3) is 0 Å². The molecule has 31 heavy (non-hydrogen) atoms. The number of benzene rings is 1. The first-order valence-electron chi connectivity index (χ1n) is 9.71. The van der Waals surface area contributed by atoms with Crippen LogP contribution in [0.4, 0.5) is 11.6 Å². The number of hydrogen-bond acceptors (Lipinski definition) is 7. The van der Waals surface area contributed by atoms with Crippen LogP contribution in [0.15, 0.2) is 65.7 Å². The van der Waals surface area contributed by atoms with E-state index in [1.165, 1.54) is 6.33 Å². The van der Waals surface area contributed by atoms with Crippen molar-refractivity contribution in [3.05, 3.63) is 66.3 Å². The Morgan fingerprint density at radius 3 is 2.94 bits per heavy atom. The van der Waals surface area contributed by atoms with Crippen molar-refractivity contribution >= 4 is 45.9 Å². The average molecular weight is 413 g/mol. The number of nitrogens with two attached hydrogens (primary N) is 1. The summed E-state index contributed by atoms with van der Waals surface area (Å²) in [7, 11) is 1.84. The molecule has 3 heterocycles. The number of nitrogen functional groups attached to an aromatic ring is 1. The highest BCUT2D eigenvalue weighted by Gasteiger charge is 2.10. The molecule has 0 amide bonds. The molecule has 0 aliphatic carbocycles. The van der Waals surface area contributed by atoms with Gasteiger partial charge in [-0.15, -0.1) is 0 Å². The molecule has 156 valence electrons. The summed E-state index contributed by atoms with van der Waals surface area (Å²) in [5.74, 6) is 1.95. The molecule has 0 saturated carbocycles. The first-order valence-corrected chi connectivity index (χ1v) is 9.71. The predicted octanol–water partition coefficient (Wildman–Crippen LogP) is 4.20. The minimum atomic E-state index is 0.326. The topological polar surface area (TPSA) is 114 Å². The third-order valence-electron chi connectivity index (χ3n) is 4.90. The van der Waals surface area contributed by atoms with Crippen LogP contribution in [-0.4, -0.2) is 40.3 Å². The Labute approximate surface area is 179 Å². The van der Waals surface area contributed by atoms with E-state index in [-0.39, 0.29) is 0 Å². The van der Waals surface area contributed by atoms with Crippen molar-refractivity contribution in [3.8, 4) is 5.75 Å². The molecule has 0 bridgehead atoms. The second kappa shape index (κ2) is 8.66. The number of ether oxygens (including phenoxy) is 1. The summed E-state index contributed by atoms with van der Waals surface area (Å²) in [6.45, 7) is 5.90. The van der Waals surface area contributed by atoms with E-state index >= 15 is 0 Å². The predicted molar refractivity (Wildman–Crippen MR) is 126 cm³/mol. The summed E-state index contributed by atoms with van der Waals surface area (Å²) in [6.07, 6.45) is 7.00. The second-order valence-electron chi connectivity index (χ2n) is 6.99. The Morgan fingerprint density at radius 1 is 1.29 bits per heavy atom. The maximum Gasteiger partial charge on any atom is 0.151 e. The summed E-state index contributed by atoms with van der Waals surface area (Å²) in [6, 6.07) is 9.80. The molecule has 0 aliphatic rings. The van der Waals surface area contributed by atoms with Crippen LogP contribution < -0.4 is 15.8 Å². The molecule has 0 saturated heterocycles. The lowest BCUT2D eigenvalue weighted by molar-refractivity contribution is 0.356. The molecule has 8 nitrogen and oxygen atoms in total. The molecule has 0 spiro atoms. The number of hydrogen-bond donors (Lipinski definition) is 3. The third kappa shape index (κ3) is 4.23. The van der Waals surface area contributed by atoms with Gasteiger partial charge >= 0.3 is 0 Å². The van der Waals surface area contributed by atoms with Crippen LogP contribution in [0.5, 0.6) is 5.75 Å². The summed E-state index contributed by atoms with van der Waals surface area (Å²) >= 11 is 0. The lowest BCUT2D eigenvalue weighted by Gasteiger charge is -2.09. The van der Waals surface area contributed by atoms with Crippen molar-refractivity contribution in [1.29, 1.82) is 0 Å². The minimum Gasteiger partial charge on any atom is -0.489 e. The summed E-state index contributed by atoms with van der Waals surface area (Å²) in [4.78, 5) is 20.0. The van der Waals surface area contributed by atoms with Crippen LogP contribution in [0.2, 0.25) is 0 Å². The fourth-order valence-corrected chi connectivity index (χ4v) is 3.34. The molecule has 4 N–H and O–H groups in total. The molecule has 0 atom stereocenters. The Morgan fingerprint density at radius 2 is 2.13 bits per heavy atom. The highest BCUT2D eigenvalue weighted by atomic mass is 16.5. The molecule has 0 aliphatic heterocycles. The minimum absolute atomic E-state index is 0.326. The van der Waals surface area contributed by atoms with Crippen LogP contribution >= 0.6 is 0 Å². The smallest absolute Gasteiger partial charge is 0.151 e. The van der Waals surface area contributed by atoms with Crippen molar-refractivity contribution in [2.75, 3.05) is 24.7 Å². The van der Waals surface area contributed by atoms with Gasteiger partial charge in [0, 0.05) is 42.0 Å². The monoisotopic (exact) mass is 413 g/mol. The third-order valence-corrected chi connectivity index (χ3v) is 4.90. The number of rotatable bonds is 7. The number of aromatic nitrogens is 4. The van der Waals surface area contributed by atoms with Gasteiger partial charge in [-0.1, -0.05) is 6.08 Å². The van der Waals surface area contributed by atoms with Crippen molar-refractivity contribution in [2.45, 2.75) is 6.92 Å². The first-order chi connectivity index (χ1) is 15.1. The van der Waals surface area contributed by atoms with E-state index in [2.05, 4.69) is 37.0 Å². The molecular weight excluding hydrogens is 390 g/mol. The van der Waals surface area contributed by atoms with Crippen molar-refractivity contribution in [1.82, 2.24) is 19.9 Å². The van der Waals surface area contributed by atoms with Gasteiger partial charge in [-0.3, -0.25) is 4.99 Å². The number of nitrogens with zero attached hydrogens (tertiary/aromatic N) is 4. The summed E-state index contributed by atoms with van der Waals surface area (Å²) < 4.78 is 6.01. The summed E-state index contributed by atoms with van der Waals surface area (Å²) in [5, 5.41) is 4.10. The van der Waals surface area contributed by atoms with Crippen LogP contribution in [0.1, 0.15) is 12.5 Å². The molecule has 3 aromatic heterocycles. The zero-order valence-electron chi connectivity index (χ0n) is 17.4. The zero-order valence-corrected chi connectivity index (χ0v) is 17.4. The number of nitrogens with one attached hydrogen (secondary N) is 2. The number of H-pyrrole nitrogens is 1. The van der Waals surface area contributed by atoms with E-state index in [1.54, 1.807) is 6.20 Å². The van der Waals surface area contributed by atoms with E-state index in [4.69, 9.17) is 10.5 Å². The van der Waals surface area contributed by atoms with Crippen molar-refractivity contribution in [3.63, 3.8) is 0 Å². The van der Waals surface area contributed by atoms with Gasteiger partial charge in [-0.05, 0) is 43.5 Å². The molecule has 4 rings (SSSR count). The Hall–Kier alpha value is -4.20. The molecule has 0 unspecified atom stereocenters. The van der Waals surface area contributed by atoms with Gasteiger partial charge in [0.1, 0.15) is 35.5 Å². The van der Waals surface area contributed by atoms with Crippen LogP contribution in [0.3, 0.4) is 0 Å². The molecule has 1 aromatic carbocycles. The van der Waals surface area contributed by atoms with Gasteiger partial charge in [0.15, 0.2) is 5.82 Å². The van der Waals surface area contributed by atoms with Gasteiger partial charge in [-0.25, -0.2) is 15.0 Å². The number of anilines is 2. The molecule has 8 heteroatoms. The molecule has 0 fully saturated rings. The van der Waals surface area contributed by atoms with Crippen molar-refractivity contribution < 1.29 is 4.74 Å². The van der Waals surface area contributed by atoms with Gasteiger partial charge in [0.05, 0.1) is 5.52 Å². The first kappa shape index (κ1) is 20.1. The molecule has 4 aromatic rings. The van der Waals surface area contributed by atoms with Gasteiger partial charge in [-0.2, -0.15) is 0 Å². The maximum absolute atomic E-state index is 6.01. The van der Waals surface area contributed by atoms with E-state index in [0.29, 0.717) is 12.4 Å². The number of aromatic amines is 1. The quantitative estimate of drug-likeness (QED) is 0.309. The lowest BCUT2D eigenvalue weighted by atomic mass is 10.1. The van der Waals surface area contributed by atoms with Crippen LogP contribution in [0.25, 0.3) is 27.5 Å². The largest absolute Gasteiger partial charge is 0.489 e. The SMILES string of the molecule is C=N/C=C(\C=C(/C)c1c[nH]c2c(N)ncnc12)COc1ccc2ccc(NC)nc2c1. The highest BCUT2D eigenvalue weighted by Crippen LogP contribution is 2.26. The number of allylic oxidation sites excluding steroid dienone is 1. The van der Waals surface area contributed by atoms with E-state index in [9.17, 15) is 0 Å². The second-order valence-corrected chi connectivity index (χ2v) is 6.99. The zero-order chi connectivity index (χ0) is 21.8. The lowest BCUT2D eigenvalue weighted by Crippen LogP contribution is -2.00.